The Kier molecular flexibility index (Phi) is 3.43. The number of hydrogen-bond donors (Lipinski definition) is 1. The Hall–Kier alpha value is -1.03. The number of carbonyl (C=O) groups excluding carboxylic acids is 1. The molecule has 0 aliphatic carbocycles. The average Bonchev–Trinajstić information content (AvgIpc) is 2.57. The summed E-state index contributed by atoms with van der Waals surface area (Å²) in [7, 11) is 0. The molecule has 1 aliphatic heterocycles. The zero-order valence-electron chi connectivity index (χ0n) is 8.98. The number of aliphatic hydroxyl groups is 1. The summed E-state index contributed by atoms with van der Waals surface area (Å²) in [5, 5.41) is 10.6. The number of aldehydes is 1. The molecule has 1 aliphatic rings. The molecule has 0 aromatic heterocycles. The topological polar surface area (TPSA) is 46.5 Å². The fraction of sp³-hybridized carbons (Fsp3) is 0.250. The normalized spacial score (nSPS) is 24.2. The van der Waals surface area contributed by atoms with Crippen LogP contribution in [0.3, 0.4) is 0 Å². The Labute approximate surface area is 109 Å². The van der Waals surface area contributed by atoms with Gasteiger partial charge < -0.3 is 9.84 Å². The number of aliphatic hydroxyl groups excluding tert-OH is 1. The van der Waals surface area contributed by atoms with Crippen molar-refractivity contribution in [1.82, 2.24) is 0 Å². The van der Waals surface area contributed by atoms with Crippen LogP contribution in [0, 0.1) is 0 Å². The van der Waals surface area contributed by atoms with Crippen LogP contribution < -0.4 is 0 Å². The summed E-state index contributed by atoms with van der Waals surface area (Å²) in [6, 6.07) is 5.09. The molecule has 0 amide bonds. The number of carbonyl (C=O) groups is 1. The van der Waals surface area contributed by atoms with Gasteiger partial charge in [0.15, 0.2) is 12.4 Å². The summed E-state index contributed by atoms with van der Waals surface area (Å²) in [5.74, 6) is -0.0685. The highest BCUT2D eigenvalue weighted by molar-refractivity contribution is 6.36. The third-order valence-corrected chi connectivity index (χ3v) is 3.39. The lowest BCUT2D eigenvalue weighted by Crippen LogP contribution is -2.12. The van der Waals surface area contributed by atoms with Gasteiger partial charge in [-0.2, -0.15) is 0 Å². The molecule has 0 fully saturated rings. The molecule has 1 N–H and O–H groups in total. The van der Waals surface area contributed by atoms with E-state index in [2.05, 4.69) is 0 Å². The molecule has 1 aromatic rings. The van der Waals surface area contributed by atoms with Crippen molar-refractivity contribution >= 4 is 29.5 Å². The van der Waals surface area contributed by atoms with Crippen LogP contribution in [0.25, 0.3) is 0 Å². The van der Waals surface area contributed by atoms with Crippen LogP contribution in [0.2, 0.25) is 10.0 Å². The smallest absolute Gasteiger partial charge is 0.170 e. The van der Waals surface area contributed by atoms with Crippen LogP contribution in [0.5, 0.6) is 0 Å². The number of benzene rings is 1. The minimum Gasteiger partial charge on any atom is -0.509 e. The highest BCUT2D eigenvalue weighted by atomic mass is 35.5. The average molecular weight is 273 g/mol. The Morgan fingerprint density at radius 3 is 2.41 bits per heavy atom. The van der Waals surface area contributed by atoms with Crippen LogP contribution in [-0.4, -0.2) is 17.5 Å². The minimum absolute atomic E-state index is 0.0685. The second kappa shape index (κ2) is 4.69. The quantitative estimate of drug-likeness (QED) is 0.839. The molecular weight excluding hydrogens is 263 g/mol. The molecule has 17 heavy (non-hydrogen) atoms. The van der Waals surface area contributed by atoms with Crippen LogP contribution in [0.4, 0.5) is 0 Å². The van der Waals surface area contributed by atoms with Gasteiger partial charge in [-0.1, -0.05) is 29.3 Å². The first kappa shape index (κ1) is 12.4. The van der Waals surface area contributed by atoms with Gasteiger partial charge in [0, 0.05) is 21.2 Å². The van der Waals surface area contributed by atoms with Crippen molar-refractivity contribution in [2.75, 3.05) is 0 Å². The van der Waals surface area contributed by atoms with Gasteiger partial charge in [-0.25, -0.2) is 0 Å². The number of halogens is 2. The molecule has 1 heterocycles. The molecule has 90 valence electrons. The molecule has 2 atom stereocenters. The first-order chi connectivity index (χ1) is 8.06. The van der Waals surface area contributed by atoms with Gasteiger partial charge in [-0.3, -0.25) is 4.79 Å². The van der Waals surface area contributed by atoms with Crippen LogP contribution in [-0.2, 0) is 9.53 Å². The van der Waals surface area contributed by atoms with E-state index in [1.165, 1.54) is 0 Å². The monoisotopic (exact) mass is 272 g/mol. The summed E-state index contributed by atoms with van der Waals surface area (Å²) in [4.78, 5) is 10.7. The molecule has 0 radical (unpaired) electrons. The predicted molar refractivity (Wildman–Crippen MR) is 65.5 cm³/mol. The molecule has 2 unspecified atom stereocenters. The molecule has 5 heteroatoms. The van der Waals surface area contributed by atoms with E-state index in [1.807, 2.05) is 0 Å². The van der Waals surface area contributed by atoms with Crippen molar-refractivity contribution in [3.05, 3.63) is 45.1 Å². The predicted octanol–water partition coefficient (Wildman–Crippen LogP) is 3.46. The molecule has 1 aromatic carbocycles. The van der Waals surface area contributed by atoms with Crippen LogP contribution >= 0.6 is 23.2 Å². The molecule has 3 nitrogen and oxygen atoms in total. The molecule has 0 bridgehead atoms. The van der Waals surface area contributed by atoms with Gasteiger partial charge in [-0.15, -0.1) is 0 Å². The van der Waals surface area contributed by atoms with Gasteiger partial charge >= 0.3 is 0 Å². The fourth-order valence-electron chi connectivity index (χ4n) is 1.81. The Balaban J connectivity index is 2.47. The van der Waals surface area contributed by atoms with Gasteiger partial charge in [0.2, 0.25) is 0 Å². The van der Waals surface area contributed by atoms with E-state index in [0.717, 1.165) is 0 Å². The first-order valence-corrected chi connectivity index (χ1v) is 5.76. The Morgan fingerprint density at radius 2 is 1.94 bits per heavy atom. The van der Waals surface area contributed by atoms with Crippen molar-refractivity contribution in [2.45, 2.75) is 19.1 Å². The number of rotatable bonds is 2. The van der Waals surface area contributed by atoms with E-state index in [4.69, 9.17) is 27.9 Å². The highest BCUT2D eigenvalue weighted by Gasteiger charge is 2.35. The SMILES string of the molecule is CC1=C(O)C(C=O)OC1c1c(Cl)cccc1Cl. The lowest BCUT2D eigenvalue weighted by molar-refractivity contribution is -0.117. The lowest BCUT2D eigenvalue weighted by Gasteiger charge is -2.16. The summed E-state index contributed by atoms with van der Waals surface area (Å²) >= 11 is 12.1. The van der Waals surface area contributed by atoms with Gasteiger partial charge in [0.1, 0.15) is 11.9 Å². The zero-order valence-corrected chi connectivity index (χ0v) is 10.5. The molecule has 0 spiro atoms. The van der Waals surface area contributed by atoms with Crippen LogP contribution in [0.1, 0.15) is 18.6 Å². The standard InChI is InChI=1S/C12H10Cl2O3/c1-6-11(16)9(5-15)17-12(6)10-7(13)3-2-4-8(10)14/h2-5,9,12,16H,1H3. The molecule has 0 saturated carbocycles. The van der Waals surface area contributed by atoms with Crippen molar-refractivity contribution < 1.29 is 14.6 Å². The third-order valence-electron chi connectivity index (χ3n) is 2.73. The van der Waals surface area contributed by atoms with E-state index in [-0.39, 0.29) is 5.76 Å². The summed E-state index contributed by atoms with van der Waals surface area (Å²) in [5.41, 5.74) is 1.13. The van der Waals surface area contributed by atoms with E-state index in [0.29, 0.717) is 27.5 Å². The third kappa shape index (κ3) is 2.06. The second-order valence-electron chi connectivity index (χ2n) is 3.78. The van der Waals surface area contributed by atoms with E-state index in [1.54, 1.807) is 25.1 Å². The van der Waals surface area contributed by atoms with Crippen molar-refractivity contribution in [3.8, 4) is 0 Å². The maximum Gasteiger partial charge on any atom is 0.170 e. The number of hydrogen-bond acceptors (Lipinski definition) is 3. The van der Waals surface area contributed by atoms with Gasteiger partial charge in [0.05, 0.1) is 0 Å². The summed E-state index contributed by atoms with van der Waals surface area (Å²) in [6.07, 6.45) is -0.970. The summed E-state index contributed by atoms with van der Waals surface area (Å²) in [6.45, 7) is 1.68. The van der Waals surface area contributed by atoms with Gasteiger partial charge in [0.25, 0.3) is 0 Å². The van der Waals surface area contributed by atoms with E-state index >= 15 is 0 Å². The van der Waals surface area contributed by atoms with E-state index < -0.39 is 12.2 Å². The minimum atomic E-state index is -0.938. The lowest BCUT2D eigenvalue weighted by atomic mass is 10.0. The van der Waals surface area contributed by atoms with Crippen molar-refractivity contribution in [1.29, 1.82) is 0 Å². The zero-order chi connectivity index (χ0) is 12.6. The molecule has 2 rings (SSSR count). The largest absolute Gasteiger partial charge is 0.509 e. The van der Waals surface area contributed by atoms with Crippen LogP contribution in [0.15, 0.2) is 29.5 Å². The molecular formula is C12H10Cl2O3. The Bertz CT molecular complexity index is 476. The molecule has 0 saturated heterocycles. The summed E-state index contributed by atoms with van der Waals surface area (Å²) < 4.78 is 5.42. The highest BCUT2D eigenvalue weighted by Crippen LogP contribution is 2.42. The number of ether oxygens (including phenoxy) is 1. The maximum atomic E-state index is 10.7. The Morgan fingerprint density at radius 1 is 1.35 bits per heavy atom. The first-order valence-electron chi connectivity index (χ1n) is 5.00. The van der Waals surface area contributed by atoms with Crippen molar-refractivity contribution in [3.63, 3.8) is 0 Å². The fourth-order valence-corrected chi connectivity index (χ4v) is 2.41. The van der Waals surface area contributed by atoms with Gasteiger partial charge in [-0.05, 0) is 19.1 Å². The second-order valence-corrected chi connectivity index (χ2v) is 4.59. The van der Waals surface area contributed by atoms with Crippen molar-refractivity contribution in [2.24, 2.45) is 0 Å². The van der Waals surface area contributed by atoms with E-state index in [9.17, 15) is 9.90 Å². The maximum absolute atomic E-state index is 10.7.